The molecule has 0 saturated heterocycles. The molecule has 4 rings (SSSR count). The molecule has 1 atom stereocenters. The van der Waals surface area contributed by atoms with E-state index < -0.39 is 12.3 Å². The Morgan fingerprint density at radius 1 is 1.04 bits per heavy atom. The van der Waals surface area contributed by atoms with Crippen molar-refractivity contribution >= 4 is 23.1 Å². The van der Waals surface area contributed by atoms with Gasteiger partial charge >= 0.3 is 6.61 Å². The average Bonchev–Trinajstić information content (AvgIpc) is 2.79. The molecular weight excluding hydrogens is 386 g/mol. The second-order valence-electron chi connectivity index (χ2n) is 7.18. The maximum absolute atomic E-state index is 12.5. The summed E-state index contributed by atoms with van der Waals surface area (Å²) in [5.41, 5.74) is 0.214. The number of nitrogens with zero attached hydrogens (tertiary/aromatic N) is 2. The Kier molecular flexibility index (Phi) is 5.25. The first-order valence-corrected chi connectivity index (χ1v) is 9.79. The van der Waals surface area contributed by atoms with E-state index in [1.807, 2.05) is 17.0 Å². The molecule has 0 saturated carbocycles. The average molecular weight is 408 g/mol. The van der Waals surface area contributed by atoms with Crippen LogP contribution in [-0.4, -0.2) is 35.2 Å². The summed E-state index contributed by atoms with van der Waals surface area (Å²) in [6.07, 6.45) is 4.13. The highest BCUT2D eigenvalue weighted by atomic mass is 35.5. The topological polar surface area (TPSA) is 35.7 Å². The Bertz CT molecular complexity index is 871. The first-order chi connectivity index (χ1) is 13.5. The fourth-order valence-electron chi connectivity index (χ4n) is 4.10. The summed E-state index contributed by atoms with van der Waals surface area (Å²) in [5.74, 6) is 1.15. The molecule has 2 aliphatic heterocycles. The summed E-state index contributed by atoms with van der Waals surface area (Å²) in [6, 6.07) is 13.6. The second-order valence-corrected chi connectivity index (χ2v) is 7.62. The van der Waals surface area contributed by atoms with Gasteiger partial charge in [-0.15, -0.1) is 0 Å². The molecule has 2 aromatic rings. The highest BCUT2D eigenvalue weighted by Gasteiger charge is 2.54. The lowest BCUT2D eigenvalue weighted by Gasteiger charge is -2.29. The van der Waals surface area contributed by atoms with Crippen molar-refractivity contribution in [3.63, 3.8) is 0 Å². The van der Waals surface area contributed by atoms with Gasteiger partial charge in [0, 0.05) is 17.0 Å². The van der Waals surface area contributed by atoms with Crippen molar-refractivity contribution in [1.29, 1.82) is 0 Å². The van der Waals surface area contributed by atoms with Crippen molar-refractivity contribution in [2.75, 3.05) is 18.0 Å². The van der Waals surface area contributed by atoms with Crippen molar-refractivity contribution in [3.8, 4) is 5.75 Å². The van der Waals surface area contributed by atoms with E-state index in [0.717, 1.165) is 49.3 Å². The summed E-state index contributed by atoms with van der Waals surface area (Å²) >= 11 is 6.03. The SMILES string of the molecule is O[C@@]1(c2ccc(Cl)cc2)C[N+]2=C(CCCCC2)N1c1ccc(OC(F)F)cc1. The molecule has 0 aromatic heterocycles. The number of hydrogen-bond acceptors (Lipinski definition) is 3. The molecule has 0 amide bonds. The van der Waals surface area contributed by atoms with Gasteiger partial charge in [0.25, 0.3) is 11.6 Å². The Balaban J connectivity index is 1.75. The van der Waals surface area contributed by atoms with Gasteiger partial charge in [-0.2, -0.15) is 13.7 Å². The van der Waals surface area contributed by atoms with Crippen LogP contribution >= 0.6 is 11.6 Å². The lowest BCUT2D eigenvalue weighted by molar-refractivity contribution is -0.534. The van der Waals surface area contributed by atoms with Crippen molar-refractivity contribution in [1.82, 2.24) is 0 Å². The quantitative estimate of drug-likeness (QED) is 0.753. The lowest BCUT2D eigenvalue weighted by atomic mass is 10.00. The molecule has 0 radical (unpaired) electrons. The smallest absolute Gasteiger partial charge is 0.387 e. The summed E-state index contributed by atoms with van der Waals surface area (Å²) < 4.78 is 31.6. The third-order valence-electron chi connectivity index (χ3n) is 5.36. The molecule has 148 valence electrons. The Hall–Kier alpha value is -2.18. The van der Waals surface area contributed by atoms with Crippen LogP contribution in [0.25, 0.3) is 0 Å². The van der Waals surface area contributed by atoms with Crippen LogP contribution < -0.4 is 9.64 Å². The minimum Gasteiger partial charge on any atom is -0.435 e. The van der Waals surface area contributed by atoms with E-state index >= 15 is 0 Å². The fraction of sp³-hybridized carbons (Fsp3) is 0.381. The maximum Gasteiger partial charge on any atom is 0.387 e. The van der Waals surface area contributed by atoms with E-state index in [4.69, 9.17) is 11.6 Å². The van der Waals surface area contributed by atoms with Crippen molar-refractivity contribution in [2.24, 2.45) is 0 Å². The summed E-state index contributed by atoms with van der Waals surface area (Å²) in [4.78, 5) is 1.92. The van der Waals surface area contributed by atoms with E-state index in [9.17, 15) is 13.9 Å². The monoisotopic (exact) mass is 407 g/mol. The van der Waals surface area contributed by atoms with Crippen LogP contribution in [0.3, 0.4) is 0 Å². The van der Waals surface area contributed by atoms with Gasteiger partial charge in [-0.1, -0.05) is 23.7 Å². The largest absolute Gasteiger partial charge is 0.435 e. The molecule has 0 aliphatic carbocycles. The van der Waals surface area contributed by atoms with Gasteiger partial charge in [0.15, 0.2) is 6.54 Å². The third-order valence-corrected chi connectivity index (χ3v) is 5.61. The second kappa shape index (κ2) is 7.68. The number of alkyl halides is 2. The molecule has 0 fully saturated rings. The molecule has 2 aromatic carbocycles. The lowest BCUT2D eigenvalue weighted by Crippen LogP contribution is -2.47. The van der Waals surface area contributed by atoms with Crippen LogP contribution in [0.5, 0.6) is 5.75 Å². The van der Waals surface area contributed by atoms with E-state index in [1.165, 1.54) is 12.1 Å². The van der Waals surface area contributed by atoms with Gasteiger partial charge in [-0.25, -0.2) is 0 Å². The Labute approximate surface area is 167 Å². The molecule has 0 spiro atoms. The predicted octanol–water partition coefficient (Wildman–Crippen LogP) is 4.59. The van der Waals surface area contributed by atoms with Crippen molar-refractivity contribution in [2.45, 2.75) is 38.0 Å². The van der Waals surface area contributed by atoms with E-state index in [-0.39, 0.29) is 5.75 Å². The van der Waals surface area contributed by atoms with Crippen LogP contribution in [-0.2, 0) is 5.72 Å². The van der Waals surface area contributed by atoms with Gasteiger partial charge in [0.2, 0.25) is 0 Å². The Morgan fingerprint density at radius 3 is 2.43 bits per heavy atom. The number of benzene rings is 2. The number of aliphatic hydroxyl groups is 1. The highest BCUT2D eigenvalue weighted by molar-refractivity contribution is 6.30. The van der Waals surface area contributed by atoms with E-state index in [1.54, 1.807) is 24.3 Å². The van der Waals surface area contributed by atoms with Crippen LogP contribution in [0.15, 0.2) is 48.5 Å². The molecule has 7 heteroatoms. The molecular formula is C21H22ClF2N2O2+. The summed E-state index contributed by atoms with van der Waals surface area (Å²) in [6.45, 7) is -1.54. The van der Waals surface area contributed by atoms with Crippen molar-refractivity contribution in [3.05, 3.63) is 59.1 Å². The molecule has 2 aliphatic rings. The minimum atomic E-state index is -2.87. The number of hydrogen-bond donors (Lipinski definition) is 1. The van der Waals surface area contributed by atoms with E-state index in [2.05, 4.69) is 9.31 Å². The van der Waals surface area contributed by atoms with E-state index in [0.29, 0.717) is 11.6 Å². The van der Waals surface area contributed by atoms with Crippen LogP contribution in [0.4, 0.5) is 14.5 Å². The number of halogens is 3. The fourth-order valence-corrected chi connectivity index (χ4v) is 4.23. The molecule has 28 heavy (non-hydrogen) atoms. The first kappa shape index (κ1) is 19.2. The standard InChI is InChI=1S/C21H22ClF2N2O2/c22-16-7-5-15(6-8-16)21(27)14-25-13-3-1-2-4-19(25)26(21)17-9-11-18(12-10-17)28-20(23)24/h5-12,20,27H,1-4,13-14H2/q+1/t21-/m1/s1. The Morgan fingerprint density at radius 2 is 1.75 bits per heavy atom. The molecule has 4 nitrogen and oxygen atoms in total. The maximum atomic E-state index is 12.5. The summed E-state index contributed by atoms with van der Waals surface area (Å²) in [5, 5.41) is 12.4. The van der Waals surface area contributed by atoms with Crippen LogP contribution in [0.1, 0.15) is 31.2 Å². The molecule has 0 bridgehead atoms. The zero-order valence-electron chi connectivity index (χ0n) is 15.3. The molecule has 0 unspecified atom stereocenters. The summed E-state index contributed by atoms with van der Waals surface area (Å²) in [7, 11) is 0. The normalized spacial score (nSPS) is 22.4. The number of amidine groups is 1. The predicted molar refractivity (Wildman–Crippen MR) is 104 cm³/mol. The van der Waals surface area contributed by atoms with Gasteiger partial charge in [-0.3, -0.25) is 4.58 Å². The molecule has 2 heterocycles. The zero-order chi connectivity index (χ0) is 19.7. The minimum absolute atomic E-state index is 0.0932. The van der Waals surface area contributed by atoms with Crippen molar-refractivity contribution < 1.29 is 23.2 Å². The van der Waals surface area contributed by atoms with Crippen LogP contribution in [0.2, 0.25) is 5.02 Å². The highest BCUT2D eigenvalue weighted by Crippen LogP contribution is 2.38. The molecule has 1 N–H and O–H groups in total. The van der Waals surface area contributed by atoms with Gasteiger partial charge in [0.05, 0.1) is 6.54 Å². The third kappa shape index (κ3) is 3.59. The van der Waals surface area contributed by atoms with Gasteiger partial charge < -0.3 is 9.84 Å². The first-order valence-electron chi connectivity index (χ1n) is 9.42. The number of anilines is 1. The number of rotatable bonds is 4. The number of ether oxygens (including phenoxy) is 1. The van der Waals surface area contributed by atoms with Gasteiger partial charge in [-0.05, 0) is 55.7 Å². The van der Waals surface area contributed by atoms with Crippen LogP contribution in [0, 0.1) is 0 Å². The van der Waals surface area contributed by atoms with Gasteiger partial charge in [0.1, 0.15) is 11.4 Å². The zero-order valence-corrected chi connectivity index (χ0v) is 16.1.